The number of hydrogen-bond acceptors (Lipinski definition) is 7. The van der Waals surface area contributed by atoms with Crippen molar-refractivity contribution in [2.75, 3.05) is 28.4 Å². The molecule has 142 valence electrons. The number of carbonyl (C=O) groups is 1. The number of hydrogen-bond donors (Lipinski definition) is 1. The van der Waals surface area contributed by atoms with Crippen molar-refractivity contribution in [3.63, 3.8) is 0 Å². The lowest BCUT2D eigenvalue weighted by Crippen LogP contribution is -2.03. The van der Waals surface area contributed by atoms with Gasteiger partial charge in [0.25, 0.3) is 0 Å². The molecule has 0 fully saturated rings. The van der Waals surface area contributed by atoms with E-state index in [0.717, 1.165) is 0 Å². The van der Waals surface area contributed by atoms with Crippen molar-refractivity contribution in [1.29, 1.82) is 0 Å². The zero-order chi connectivity index (χ0) is 19.6. The summed E-state index contributed by atoms with van der Waals surface area (Å²) >= 11 is 0. The van der Waals surface area contributed by atoms with E-state index in [2.05, 4.69) is 0 Å². The van der Waals surface area contributed by atoms with Gasteiger partial charge in [0.15, 0.2) is 22.8 Å². The average molecular weight is 372 g/mol. The van der Waals surface area contributed by atoms with Crippen LogP contribution in [0.25, 0.3) is 22.3 Å². The van der Waals surface area contributed by atoms with Crippen LogP contribution in [0.2, 0.25) is 0 Å². The zero-order valence-electron chi connectivity index (χ0n) is 15.5. The Morgan fingerprint density at radius 2 is 1.63 bits per heavy atom. The molecule has 27 heavy (non-hydrogen) atoms. The molecule has 0 unspecified atom stereocenters. The molecule has 1 aromatic heterocycles. The predicted molar refractivity (Wildman–Crippen MR) is 98.6 cm³/mol. The molecule has 0 saturated heterocycles. The van der Waals surface area contributed by atoms with Gasteiger partial charge < -0.3 is 28.5 Å². The highest BCUT2D eigenvalue weighted by Crippen LogP contribution is 2.42. The number of aliphatic hydroxyl groups excluding tert-OH is 1. The van der Waals surface area contributed by atoms with Crippen LogP contribution < -0.4 is 14.2 Å². The third kappa shape index (κ3) is 3.06. The minimum atomic E-state index is -0.582. The number of methoxy groups -OCH3 is 4. The zero-order valence-corrected chi connectivity index (χ0v) is 15.5. The lowest BCUT2D eigenvalue weighted by molar-refractivity contribution is 0.0603. The monoisotopic (exact) mass is 372 g/mol. The van der Waals surface area contributed by atoms with Crippen molar-refractivity contribution in [2.45, 2.75) is 6.61 Å². The van der Waals surface area contributed by atoms with Gasteiger partial charge >= 0.3 is 5.97 Å². The van der Waals surface area contributed by atoms with Crippen molar-refractivity contribution in [3.05, 3.63) is 41.5 Å². The molecule has 2 aromatic carbocycles. The number of ether oxygens (including phenoxy) is 4. The lowest BCUT2D eigenvalue weighted by atomic mass is 10.0. The largest absolute Gasteiger partial charge is 0.493 e. The second-order valence-corrected chi connectivity index (χ2v) is 5.66. The summed E-state index contributed by atoms with van der Waals surface area (Å²) in [6.45, 7) is -0.268. The van der Waals surface area contributed by atoms with Crippen molar-refractivity contribution >= 4 is 16.9 Å². The summed E-state index contributed by atoms with van der Waals surface area (Å²) in [6, 6.07) is 8.52. The minimum Gasteiger partial charge on any atom is -0.493 e. The molecule has 1 N–H and O–H groups in total. The van der Waals surface area contributed by atoms with Gasteiger partial charge in [-0.2, -0.15) is 0 Å². The number of fused-ring (bicyclic) bond motifs is 1. The summed E-state index contributed by atoms with van der Waals surface area (Å²) in [4.78, 5) is 12.6. The summed E-state index contributed by atoms with van der Waals surface area (Å²) in [7, 11) is 5.85. The van der Waals surface area contributed by atoms with Crippen LogP contribution in [-0.4, -0.2) is 39.5 Å². The second kappa shape index (κ2) is 7.59. The molecule has 3 rings (SSSR count). The molecule has 0 spiro atoms. The van der Waals surface area contributed by atoms with Crippen LogP contribution >= 0.6 is 0 Å². The van der Waals surface area contributed by atoms with Crippen LogP contribution in [0.1, 0.15) is 15.9 Å². The topological polar surface area (TPSA) is 87.4 Å². The molecule has 0 aliphatic carbocycles. The number of rotatable bonds is 6. The van der Waals surface area contributed by atoms with Crippen LogP contribution in [0.3, 0.4) is 0 Å². The van der Waals surface area contributed by atoms with Crippen LogP contribution in [0.5, 0.6) is 17.2 Å². The normalized spacial score (nSPS) is 10.7. The van der Waals surface area contributed by atoms with E-state index in [1.807, 2.05) is 0 Å². The minimum absolute atomic E-state index is 0.211. The number of aliphatic hydroxyl groups is 1. The summed E-state index contributed by atoms with van der Waals surface area (Å²) in [5.74, 6) is 1.18. The molecule has 0 saturated carbocycles. The van der Waals surface area contributed by atoms with Gasteiger partial charge in [-0.1, -0.05) is 6.07 Å². The number of carbonyl (C=O) groups excluding carboxylic acids is 1. The Morgan fingerprint density at radius 3 is 2.22 bits per heavy atom. The summed E-state index contributed by atoms with van der Waals surface area (Å²) in [5, 5.41) is 10.2. The number of benzene rings is 2. The molecule has 0 aliphatic heterocycles. The van der Waals surface area contributed by atoms with Gasteiger partial charge in [-0.15, -0.1) is 0 Å². The van der Waals surface area contributed by atoms with Gasteiger partial charge in [-0.05, 0) is 29.8 Å². The Hall–Kier alpha value is -3.19. The number of furan rings is 1. The van der Waals surface area contributed by atoms with Gasteiger partial charge in [0.2, 0.25) is 0 Å². The van der Waals surface area contributed by atoms with Crippen molar-refractivity contribution < 1.29 is 33.3 Å². The van der Waals surface area contributed by atoms with E-state index in [-0.39, 0.29) is 17.9 Å². The molecule has 0 radical (unpaired) electrons. The fourth-order valence-electron chi connectivity index (χ4n) is 3.02. The molecular weight excluding hydrogens is 352 g/mol. The van der Waals surface area contributed by atoms with E-state index < -0.39 is 5.97 Å². The Balaban J connectivity index is 2.37. The van der Waals surface area contributed by atoms with E-state index in [1.54, 1.807) is 30.3 Å². The Kier molecular flexibility index (Phi) is 5.23. The van der Waals surface area contributed by atoms with Crippen LogP contribution in [-0.2, 0) is 11.3 Å². The molecule has 7 nitrogen and oxygen atoms in total. The Morgan fingerprint density at radius 1 is 0.963 bits per heavy atom. The van der Waals surface area contributed by atoms with Gasteiger partial charge in [-0.3, -0.25) is 0 Å². The fourth-order valence-corrected chi connectivity index (χ4v) is 3.02. The first kappa shape index (κ1) is 18.6. The second-order valence-electron chi connectivity index (χ2n) is 5.66. The predicted octanol–water partition coefficient (Wildman–Crippen LogP) is 3.40. The highest BCUT2D eigenvalue weighted by Gasteiger charge is 2.27. The van der Waals surface area contributed by atoms with Crippen molar-refractivity contribution in [1.82, 2.24) is 0 Å². The molecule has 7 heteroatoms. The lowest BCUT2D eigenvalue weighted by Gasteiger charge is -2.09. The highest BCUT2D eigenvalue weighted by molar-refractivity contribution is 6.11. The molecule has 3 aromatic rings. The van der Waals surface area contributed by atoms with Gasteiger partial charge in [-0.25, -0.2) is 4.79 Å². The molecule has 0 aliphatic rings. The standard InChI is InChI=1S/C20H20O7/c1-23-13-7-5-11(9-15(13)25-3)18-17(20(22)26-4)16-12(10-21)6-8-14(24-2)19(16)27-18/h5-9,21H,10H2,1-4H3. The molecule has 0 bridgehead atoms. The smallest absolute Gasteiger partial charge is 0.342 e. The van der Waals surface area contributed by atoms with Crippen molar-refractivity contribution in [3.8, 4) is 28.6 Å². The van der Waals surface area contributed by atoms with E-state index in [9.17, 15) is 9.90 Å². The Bertz CT molecular complexity index is 988. The number of esters is 1. The van der Waals surface area contributed by atoms with Gasteiger partial charge in [0.05, 0.1) is 35.0 Å². The van der Waals surface area contributed by atoms with E-state index in [1.165, 1.54) is 28.4 Å². The van der Waals surface area contributed by atoms with E-state index in [4.69, 9.17) is 23.4 Å². The van der Waals surface area contributed by atoms with Gasteiger partial charge in [0, 0.05) is 10.9 Å². The van der Waals surface area contributed by atoms with Crippen LogP contribution in [0.4, 0.5) is 0 Å². The highest BCUT2D eigenvalue weighted by atomic mass is 16.5. The first-order valence-electron chi connectivity index (χ1n) is 8.13. The first-order valence-corrected chi connectivity index (χ1v) is 8.13. The summed E-state index contributed by atoms with van der Waals surface area (Å²) < 4.78 is 26.9. The molecule has 0 atom stereocenters. The quantitative estimate of drug-likeness (QED) is 0.664. The van der Waals surface area contributed by atoms with E-state index in [0.29, 0.717) is 39.3 Å². The Labute approximate surface area is 156 Å². The van der Waals surface area contributed by atoms with E-state index >= 15 is 0 Å². The maximum atomic E-state index is 12.6. The molecule has 1 heterocycles. The molecular formula is C20H20O7. The molecule has 0 amide bonds. The summed E-state index contributed by atoms with van der Waals surface area (Å²) in [5.41, 5.74) is 1.69. The van der Waals surface area contributed by atoms with Gasteiger partial charge in [0.1, 0.15) is 11.3 Å². The third-order valence-electron chi connectivity index (χ3n) is 4.31. The van der Waals surface area contributed by atoms with Crippen LogP contribution in [0.15, 0.2) is 34.7 Å². The first-order chi connectivity index (χ1) is 13.1. The maximum absolute atomic E-state index is 12.6. The van der Waals surface area contributed by atoms with Crippen LogP contribution in [0, 0.1) is 0 Å². The fraction of sp³-hybridized carbons (Fsp3) is 0.250. The SMILES string of the molecule is COC(=O)c1c(-c2ccc(OC)c(OC)c2)oc2c(OC)ccc(CO)c12. The average Bonchev–Trinajstić information content (AvgIpc) is 3.12. The maximum Gasteiger partial charge on any atom is 0.342 e. The van der Waals surface area contributed by atoms with Crippen molar-refractivity contribution in [2.24, 2.45) is 0 Å². The summed E-state index contributed by atoms with van der Waals surface area (Å²) in [6.07, 6.45) is 0. The third-order valence-corrected chi connectivity index (χ3v) is 4.31.